The molecule has 1 aliphatic heterocycles. The van der Waals surface area contributed by atoms with Crippen molar-refractivity contribution in [2.75, 3.05) is 12.3 Å². The number of fused-ring (bicyclic) bond motifs is 1. The first-order chi connectivity index (χ1) is 26.1. The van der Waals surface area contributed by atoms with Gasteiger partial charge in [0, 0.05) is 0 Å². The van der Waals surface area contributed by atoms with E-state index in [1.165, 1.54) is 96.3 Å². The van der Waals surface area contributed by atoms with Gasteiger partial charge >= 0.3 is 0 Å². The number of hydrogen-bond donors (Lipinski definition) is 6. The number of hydrogen-bond acceptors (Lipinski definition) is 20. The van der Waals surface area contributed by atoms with Gasteiger partial charge in [0.25, 0.3) is 23.5 Å². The van der Waals surface area contributed by atoms with E-state index >= 15 is 0 Å². The summed E-state index contributed by atoms with van der Waals surface area (Å²) in [6.45, 7) is -1.18. The monoisotopic (exact) mass is 882 g/mol. The first-order valence-corrected chi connectivity index (χ1v) is 24.1. The Kier molecular flexibility index (Phi) is 19.5. The van der Waals surface area contributed by atoms with E-state index in [4.69, 9.17) is 10.5 Å². The van der Waals surface area contributed by atoms with Crippen LogP contribution in [-0.4, -0.2) is 72.8 Å². The van der Waals surface area contributed by atoms with E-state index in [2.05, 4.69) is 49.6 Å². The van der Waals surface area contributed by atoms with Crippen LogP contribution in [0.15, 0.2) is 12.7 Å². The molecular formula is C28H54N8O16P4-2. The van der Waals surface area contributed by atoms with Gasteiger partial charge in [0.1, 0.15) is 30.2 Å². The van der Waals surface area contributed by atoms with Crippen LogP contribution in [0.2, 0.25) is 0 Å². The van der Waals surface area contributed by atoms with Gasteiger partial charge in [-0.05, 0) is 77.0 Å². The molecule has 24 nitrogen and oxygen atoms in total. The second-order valence-corrected chi connectivity index (χ2v) is 19.8. The summed E-state index contributed by atoms with van der Waals surface area (Å²) in [5.74, 6) is -0.0169. The zero-order valence-corrected chi connectivity index (χ0v) is 34.5. The number of quaternary nitrogens is 3. The Balaban J connectivity index is 0.000000318. The summed E-state index contributed by atoms with van der Waals surface area (Å²) in [7, 11) is -25.1. The minimum Gasteiger partial charge on any atom is -0.790 e. The van der Waals surface area contributed by atoms with E-state index in [1.807, 2.05) is 0 Å². The molecule has 13 N–H and O–H groups in total. The largest absolute Gasteiger partial charge is 0.790 e. The highest BCUT2D eigenvalue weighted by molar-refractivity contribution is 7.68. The number of nitrogen functional groups attached to an aromatic ring is 1. The maximum atomic E-state index is 11.8. The van der Waals surface area contributed by atoms with Gasteiger partial charge in [-0.25, -0.2) is 23.6 Å². The molecule has 3 aliphatic carbocycles. The van der Waals surface area contributed by atoms with E-state index in [0.29, 0.717) is 0 Å². The average Bonchev–Trinajstić information content (AvgIpc) is 3.64. The lowest BCUT2D eigenvalue weighted by Gasteiger charge is -2.38. The molecule has 0 radical (unpaired) electrons. The molecule has 2 aromatic heterocycles. The molecule has 3 saturated carbocycles. The Morgan fingerprint density at radius 1 is 0.696 bits per heavy atom. The topological polar surface area (TPSA) is 423 Å². The standard InChI is InChI=1S/C10H17N5O16P4.3C6H13N/c11-8-5-9(13-2-12-8)15(3-14-5)10-7(17)6(16)4(28-10)1-27-33(21,22)30-35(25,26)31-34(23,24)29-32(18,19)20;3*7-6-4-2-1-3-5-6/h2-4,6-7,10,16-17H,1H2,(H,21,22)(H,23,24)(H,25,26)(H2,11,12,13)(H2,18,19,20);3*6H,1-5,7H2/p-2/t4-,6-,7-,10-;;;/m1.../s1. The highest BCUT2D eigenvalue weighted by atomic mass is 31.3. The zero-order chi connectivity index (χ0) is 41.7. The molecule has 1 saturated heterocycles. The molecular weight excluding hydrogens is 828 g/mol. The van der Waals surface area contributed by atoms with Gasteiger partial charge in [-0.3, -0.25) is 22.6 Å². The van der Waals surface area contributed by atoms with Gasteiger partial charge in [0.05, 0.1) is 38.9 Å². The third kappa shape index (κ3) is 17.5. The third-order valence-electron chi connectivity index (χ3n) is 9.17. The Hall–Kier alpha value is -1.33. The van der Waals surface area contributed by atoms with Crippen molar-refractivity contribution in [3.05, 3.63) is 12.7 Å². The van der Waals surface area contributed by atoms with Crippen molar-refractivity contribution >= 4 is 48.3 Å². The molecule has 0 bridgehead atoms. The van der Waals surface area contributed by atoms with E-state index in [1.54, 1.807) is 0 Å². The number of imidazole rings is 1. The molecule has 28 heteroatoms. The SMILES string of the molecule is Nc1ncnc2c1ncn2[C@@H]1O[C@H](COP(=O)([O-])OP(=O)([O-])OP(=O)([O-])OP(=O)([O-])[O-])[C@@H](O)[C@H]1O.[NH3+]C1CCCCC1.[NH3+]C1CCCCC1.[NH3+]C1CCCCC1. The molecule has 6 rings (SSSR count). The Morgan fingerprint density at radius 2 is 1.14 bits per heavy atom. The molecule has 4 fully saturated rings. The van der Waals surface area contributed by atoms with Gasteiger partial charge in [0.15, 0.2) is 17.7 Å². The minimum absolute atomic E-state index is 0.0169. The van der Waals surface area contributed by atoms with Crippen LogP contribution in [0, 0.1) is 0 Å². The number of nitrogens with zero attached hydrogens (tertiary/aromatic N) is 4. The number of aliphatic hydroxyl groups is 2. The summed E-state index contributed by atoms with van der Waals surface area (Å²) in [5.41, 5.74) is 17.8. The molecule has 0 spiro atoms. The van der Waals surface area contributed by atoms with Crippen LogP contribution in [0.4, 0.5) is 5.82 Å². The summed E-state index contributed by atoms with van der Waals surface area (Å²) in [6, 6.07) is 2.36. The minimum atomic E-state index is -6.44. The van der Waals surface area contributed by atoms with E-state index < -0.39 is 62.4 Å². The van der Waals surface area contributed by atoms with Crippen LogP contribution in [-0.2, 0) is 40.5 Å². The van der Waals surface area contributed by atoms with E-state index in [-0.39, 0.29) is 17.0 Å². The van der Waals surface area contributed by atoms with E-state index in [9.17, 15) is 52.9 Å². The zero-order valence-electron chi connectivity index (χ0n) is 30.9. The van der Waals surface area contributed by atoms with Crippen molar-refractivity contribution in [2.24, 2.45) is 0 Å². The number of rotatable bonds is 10. The first kappa shape index (κ1) is 49.0. The highest BCUT2D eigenvalue weighted by Gasteiger charge is 2.45. The van der Waals surface area contributed by atoms with Crippen molar-refractivity contribution < 1.29 is 92.3 Å². The lowest BCUT2D eigenvalue weighted by Crippen LogP contribution is -2.61. The third-order valence-corrected chi connectivity index (χ3v) is 14.4. The summed E-state index contributed by atoms with van der Waals surface area (Å²) in [6.07, 6.45) is 16.8. The predicted molar refractivity (Wildman–Crippen MR) is 185 cm³/mol. The van der Waals surface area contributed by atoms with Gasteiger partial charge < -0.3 is 71.4 Å². The van der Waals surface area contributed by atoms with Gasteiger partial charge in [0.2, 0.25) is 0 Å². The summed E-state index contributed by atoms with van der Waals surface area (Å²) < 4.78 is 64.7. The normalized spacial score (nSPS) is 27.2. The maximum Gasteiger partial charge on any atom is 0.280 e. The Bertz CT molecular complexity index is 1650. The lowest BCUT2D eigenvalue weighted by molar-refractivity contribution is -0.425. The fraction of sp³-hybridized carbons (Fsp3) is 0.821. The number of aromatic nitrogens is 4. The van der Waals surface area contributed by atoms with Crippen LogP contribution in [0.5, 0.6) is 0 Å². The molecule has 3 unspecified atom stereocenters. The van der Waals surface area contributed by atoms with E-state index in [0.717, 1.165) is 35.3 Å². The van der Waals surface area contributed by atoms with Crippen LogP contribution in [0.1, 0.15) is 103 Å². The quantitative estimate of drug-likeness (QED) is 0.130. The molecule has 324 valence electrons. The van der Waals surface area contributed by atoms with Crippen LogP contribution in [0.25, 0.3) is 11.2 Å². The second-order valence-electron chi connectivity index (χ2n) is 14.0. The smallest absolute Gasteiger partial charge is 0.280 e. The Morgan fingerprint density at radius 3 is 1.57 bits per heavy atom. The van der Waals surface area contributed by atoms with Crippen molar-refractivity contribution in [1.29, 1.82) is 0 Å². The molecule has 3 heterocycles. The van der Waals surface area contributed by atoms with Gasteiger partial charge in [-0.2, -0.15) is 0 Å². The predicted octanol–water partition coefficient (Wildman–Crippen LogP) is -2.99. The number of nitrogens with two attached hydrogens (primary N) is 1. The van der Waals surface area contributed by atoms with Crippen molar-refractivity contribution in [3.8, 4) is 0 Å². The summed E-state index contributed by atoms with van der Waals surface area (Å²) in [5, 5.41) is 20.4. The van der Waals surface area contributed by atoms with Crippen LogP contribution >= 0.6 is 31.3 Å². The number of anilines is 1. The fourth-order valence-corrected chi connectivity index (χ4v) is 10.5. The number of ether oxygens (including phenoxy) is 1. The van der Waals surface area contributed by atoms with Crippen LogP contribution in [0.3, 0.4) is 0 Å². The van der Waals surface area contributed by atoms with Gasteiger partial charge in [-0.1, -0.05) is 19.3 Å². The van der Waals surface area contributed by atoms with Crippen molar-refractivity contribution in [2.45, 2.75) is 139 Å². The molecule has 4 aliphatic rings. The van der Waals surface area contributed by atoms with Crippen molar-refractivity contribution in [3.63, 3.8) is 0 Å². The lowest BCUT2D eigenvalue weighted by atomic mass is 9.97. The number of phosphoric acid groups is 4. The number of aliphatic hydroxyl groups excluding tert-OH is 2. The van der Waals surface area contributed by atoms with Crippen molar-refractivity contribution in [1.82, 2.24) is 19.5 Å². The van der Waals surface area contributed by atoms with Gasteiger partial charge in [-0.15, -0.1) is 0 Å². The fourth-order valence-electron chi connectivity index (χ4n) is 6.30. The molecule has 0 aromatic carbocycles. The summed E-state index contributed by atoms with van der Waals surface area (Å²) in [4.78, 5) is 66.4. The second kappa shape index (κ2) is 22.3. The maximum absolute atomic E-state index is 11.8. The highest BCUT2D eigenvalue weighted by Crippen LogP contribution is 2.65. The molecule has 2 aromatic rings. The van der Waals surface area contributed by atoms with Crippen LogP contribution < -0.4 is 47.4 Å². The molecule has 7 atom stereocenters. The first-order valence-electron chi connectivity index (χ1n) is 18.3. The molecule has 0 amide bonds. The Labute approximate surface area is 323 Å². The summed E-state index contributed by atoms with van der Waals surface area (Å²) >= 11 is 0. The molecule has 56 heavy (non-hydrogen) atoms. The number of phosphoric ester groups is 1. The average molecular weight is 883 g/mol.